The first kappa shape index (κ1) is 23.3. The SMILES string of the molecule is CCOC(=O)N1CCC(NC(=O)[C@@H]2CCCN(S(=O)(=O)c3ccc4[nH]c(=O)oc4c3)C2)CC1. The number of amides is 2. The van der Waals surface area contributed by atoms with Gasteiger partial charge in [-0.05, 0) is 44.7 Å². The maximum absolute atomic E-state index is 13.2. The molecular formula is C21H28N4O7S. The summed E-state index contributed by atoms with van der Waals surface area (Å²) >= 11 is 0. The van der Waals surface area contributed by atoms with Gasteiger partial charge in [0.25, 0.3) is 0 Å². The van der Waals surface area contributed by atoms with Crippen molar-refractivity contribution in [2.24, 2.45) is 5.92 Å². The molecule has 180 valence electrons. The number of benzene rings is 1. The molecule has 0 spiro atoms. The number of hydrogen-bond acceptors (Lipinski definition) is 7. The topological polar surface area (TPSA) is 142 Å². The molecule has 2 aliphatic heterocycles. The predicted molar refractivity (Wildman–Crippen MR) is 118 cm³/mol. The zero-order valence-electron chi connectivity index (χ0n) is 18.4. The summed E-state index contributed by atoms with van der Waals surface area (Å²) in [6, 6.07) is 4.17. The Morgan fingerprint density at radius 3 is 2.70 bits per heavy atom. The van der Waals surface area contributed by atoms with E-state index in [1.165, 1.54) is 22.5 Å². The number of fused-ring (bicyclic) bond motifs is 1. The average Bonchev–Trinajstić information content (AvgIpc) is 3.19. The van der Waals surface area contributed by atoms with Gasteiger partial charge in [0.15, 0.2) is 5.58 Å². The number of aromatic amines is 1. The van der Waals surface area contributed by atoms with Gasteiger partial charge in [-0.1, -0.05) is 0 Å². The Morgan fingerprint density at radius 1 is 1.21 bits per heavy atom. The highest BCUT2D eigenvalue weighted by atomic mass is 32.2. The molecule has 2 amide bonds. The second kappa shape index (κ2) is 9.56. The van der Waals surface area contributed by atoms with Crippen LogP contribution >= 0.6 is 0 Å². The van der Waals surface area contributed by atoms with Crippen molar-refractivity contribution >= 4 is 33.1 Å². The van der Waals surface area contributed by atoms with Crippen LogP contribution in [0.4, 0.5) is 4.79 Å². The third kappa shape index (κ3) is 5.06. The largest absolute Gasteiger partial charge is 0.450 e. The number of oxazole rings is 1. The van der Waals surface area contributed by atoms with E-state index >= 15 is 0 Å². The number of piperidine rings is 2. The predicted octanol–water partition coefficient (Wildman–Crippen LogP) is 1.26. The molecule has 1 aromatic heterocycles. The number of hydrogen-bond donors (Lipinski definition) is 2. The van der Waals surface area contributed by atoms with Gasteiger partial charge < -0.3 is 19.4 Å². The number of ether oxygens (including phenoxy) is 1. The Labute approximate surface area is 191 Å². The van der Waals surface area contributed by atoms with Crippen LogP contribution in [0.25, 0.3) is 11.1 Å². The van der Waals surface area contributed by atoms with Crippen LogP contribution in [0, 0.1) is 5.92 Å². The quantitative estimate of drug-likeness (QED) is 0.656. The lowest BCUT2D eigenvalue weighted by Gasteiger charge is -2.34. The van der Waals surface area contributed by atoms with Gasteiger partial charge in [0.2, 0.25) is 15.9 Å². The van der Waals surface area contributed by atoms with Crippen molar-refractivity contribution < 1.29 is 27.2 Å². The smallest absolute Gasteiger partial charge is 0.417 e. The minimum atomic E-state index is -3.85. The molecule has 2 fully saturated rings. The lowest BCUT2D eigenvalue weighted by atomic mass is 9.97. The van der Waals surface area contributed by atoms with Crippen LogP contribution in [0.5, 0.6) is 0 Å². The third-order valence-corrected chi connectivity index (χ3v) is 8.01. The molecule has 0 radical (unpaired) electrons. The fraction of sp³-hybridized carbons (Fsp3) is 0.571. The molecule has 0 aliphatic carbocycles. The molecule has 2 aliphatic rings. The van der Waals surface area contributed by atoms with Gasteiger partial charge >= 0.3 is 11.8 Å². The number of carbonyl (C=O) groups excluding carboxylic acids is 2. The van der Waals surface area contributed by atoms with Crippen molar-refractivity contribution in [2.45, 2.75) is 43.5 Å². The summed E-state index contributed by atoms with van der Waals surface area (Å²) < 4.78 is 37.6. The number of rotatable bonds is 5. The van der Waals surface area contributed by atoms with Crippen LogP contribution in [-0.2, 0) is 19.6 Å². The molecule has 12 heteroatoms. The number of sulfonamides is 1. The Bertz CT molecular complexity index is 1180. The molecule has 0 unspecified atom stereocenters. The Morgan fingerprint density at radius 2 is 1.97 bits per heavy atom. The molecule has 3 heterocycles. The third-order valence-electron chi connectivity index (χ3n) is 6.15. The maximum Gasteiger partial charge on any atom is 0.417 e. The van der Waals surface area contributed by atoms with Crippen LogP contribution in [-0.4, -0.2) is 73.4 Å². The van der Waals surface area contributed by atoms with E-state index in [1.807, 2.05) is 0 Å². The molecule has 0 bridgehead atoms. The van der Waals surface area contributed by atoms with E-state index in [4.69, 9.17) is 9.15 Å². The highest BCUT2D eigenvalue weighted by Crippen LogP contribution is 2.26. The van der Waals surface area contributed by atoms with Crippen molar-refractivity contribution in [3.05, 3.63) is 28.7 Å². The number of carbonyl (C=O) groups is 2. The van der Waals surface area contributed by atoms with E-state index < -0.39 is 21.7 Å². The zero-order valence-corrected chi connectivity index (χ0v) is 19.2. The van der Waals surface area contributed by atoms with Crippen LogP contribution in [0.1, 0.15) is 32.6 Å². The summed E-state index contributed by atoms with van der Waals surface area (Å²) in [7, 11) is -3.85. The van der Waals surface area contributed by atoms with Crippen molar-refractivity contribution in [3.8, 4) is 0 Å². The number of nitrogens with zero attached hydrogens (tertiary/aromatic N) is 2. The number of H-pyrrole nitrogens is 1. The van der Waals surface area contributed by atoms with Crippen molar-refractivity contribution in [1.29, 1.82) is 0 Å². The van der Waals surface area contributed by atoms with E-state index in [-0.39, 0.29) is 35.1 Å². The monoisotopic (exact) mass is 480 g/mol. The summed E-state index contributed by atoms with van der Waals surface area (Å²) in [4.78, 5) is 40.2. The van der Waals surface area contributed by atoms with Crippen molar-refractivity contribution in [1.82, 2.24) is 19.5 Å². The molecule has 2 N–H and O–H groups in total. The van der Waals surface area contributed by atoms with E-state index in [2.05, 4.69) is 10.3 Å². The molecule has 11 nitrogen and oxygen atoms in total. The Hall–Kier alpha value is -2.86. The number of nitrogens with one attached hydrogen (secondary N) is 2. The summed E-state index contributed by atoms with van der Waals surface area (Å²) in [6.07, 6.45) is 2.08. The first-order chi connectivity index (χ1) is 15.8. The molecule has 2 saturated heterocycles. The summed E-state index contributed by atoms with van der Waals surface area (Å²) in [5.41, 5.74) is 0.588. The molecule has 1 atom stereocenters. The fourth-order valence-electron chi connectivity index (χ4n) is 4.35. The second-order valence-corrected chi connectivity index (χ2v) is 10.3. The van der Waals surface area contributed by atoms with Gasteiger partial charge in [0.05, 0.1) is 22.9 Å². The standard InChI is InChI=1S/C21H28N4O7S/c1-2-31-21(28)24-10-7-15(8-11-24)22-19(26)14-4-3-9-25(13-14)33(29,30)16-5-6-17-18(12-16)32-20(27)23-17/h5-6,12,14-15H,2-4,7-11,13H2,1H3,(H,22,26)(H,23,27)/t14-/m1/s1. The average molecular weight is 481 g/mol. The summed E-state index contributed by atoms with van der Waals surface area (Å²) in [6.45, 7) is 3.50. The molecule has 4 rings (SSSR count). The first-order valence-corrected chi connectivity index (χ1v) is 12.6. The van der Waals surface area contributed by atoms with Gasteiger partial charge in [0, 0.05) is 38.3 Å². The van der Waals surface area contributed by atoms with Crippen molar-refractivity contribution in [3.63, 3.8) is 0 Å². The normalized spacial score (nSPS) is 20.6. The van der Waals surface area contributed by atoms with E-state index in [1.54, 1.807) is 11.8 Å². The Balaban J connectivity index is 1.37. The van der Waals surface area contributed by atoms with Crippen LogP contribution in [0.15, 0.2) is 32.3 Å². The molecule has 1 aromatic carbocycles. The summed E-state index contributed by atoms with van der Waals surface area (Å²) in [5, 5.41) is 3.03. The molecule has 2 aromatic rings. The number of aromatic nitrogens is 1. The highest BCUT2D eigenvalue weighted by molar-refractivity contribution is 7.89. The van der Waals surface area contributed by atoms with Gasteiger partial charge in [-0.15, -0.1) is 0 Å². The zero-order chi connectivity index (χ0) is 23.6. The van der Waals surface area contributed by atoms with Gasteiger partial charge in [0.1, 0.15) is 0 Å². The minimum absolute atomic E-state index is 0.0187. The van der Waals surface area contributed by atoms with Gasteiger partial charge in [-0.25, -0.2) is 18.0 Å². The second-order valence-electron chi connectivity index (χ2n) is 8.34. The van der Waals surface area contributed by atoms with Gasteiger partial charge in [-0.2, -0.15) is 4.31 Å². The van der Waals surface area contributed by atoms with E-state index in [9.17, 15) is 22.8 Å². The summed E-state index contributed by atoms with van der Waals surface area (Å²) in [5.74, 6) is -1.27. The number of likely N-dealkylation sites (tertiary alicyclic amines) is 1. The fourth-order valence-corrected chi connectivity index (χ4v) is 5.89. The lowest BCUT2D eigenvalue weighted by molar-refractivity contribution is -0.127. The van der Waals surface area contributed by atoms with E-state index in [0.29, 0.717) is 57.4 Å². The van der Waals surface area contributed by atoms with E-state index in [0.717, 1.165) is 0 Å². The molecule has 0 saturated carbocycles. The van der Waals surface area contributed by atoms with Crippen molar-refractivity contribution in [2.75, 3.05) is 32.8 Å². The first-order valence-electron chi connectivity index (χ1n) is 11.1. The highest BCUT2D eigenvalue weighted by Gasteiger charge is 2.35. The van der Waals surface area contributed by atoms with Crippen LogP contribution in [0.2, 0.25) is 0 Å². The Kier molecular flexibility index (Phi) is 6.75. The molecule has 33 heavy (non-hydrogen) atoms. The van der Waals surface area contributed by atoms with Crippen LogP contribution in [0.3, 0.4) is 0 Å². The lowest BCUT2D eigenvalue weighted by Crippen LogP contribution is -2.50. The molecular weight excluding hydrogens is 452 g/mol. The van der Waals surface area contributed by atoms with Gasteiger partial charge in [-0.3, -0.25) is 9.78 Å². The van der Waals surface area contributed by atoms with Crippen LogP contribution < -0.4 is 11.1 Å². The maximum atomic E-state index is 13.2. The minimum Gasteiger partial charge on any atom is -0.450 e.